The van der Waals surface area contributed by atoms with Gasteiger partial charge in [0, 0.05) is 12.1 Å². The molecular formula is C23H25NO9. The van der Waals surface area contributed by atoms with E-state index in [1.165, 1.54) is 0 Å². The molecule has 176 valence electrons. The first-order valence-electron chi connectivity index (χ1n) is 10.5. The molecule has 2 fully saturated rings. The zero-order chi connectivity index (χ0) is 23.2. The maximum absolute atomic E-state index is 12.7. The molecule has 2 aromatic rings. The molecule has 10 heteroatoms. The highest BCUT2D eigenvalue weighted by Crippen LogP contribution is 2.35. The van der Waals surface area contributed by atoms with Gasteiger partial charge in [0.2, 0.25) is 0 Å². The molecule has 0 spiro atoms. The van der Waals surface area contributed by atoms with E-state index >= 15 is 0 Å². The molecule has 3 N–H and O–H groups in total. The highest BCUT2D eigenvalue weighted by molar-refractivity contribution is 5.89. The van der Waals surface area contributed by atoms with Crippen LogP contribution in [-0.2, 0) is 23.7 Å². The Hall–Kier alpha value is -3.02. The van der Waals surface area contributed by atoms with Crippen LogP contribution in [0.5, 0.6) is 0 Å². The minimum atomic E-state index is -1.27. The molecule has 2 saturated heterocycles. The SMILES string of the molecule is O=C(O)NCCO[C@@H]1O[C@@H]2COC(c3ccccc3)O[C@H]2[C@H](O)[C@H]1OC(=O)c1ccccc1. The second kappa shape index (κ2) is 10.7. The van der Waals surface area contributed by atoms with Gasteiger partial charge in [0.05, 0.1) is 18.8 Å². The molecule has 0 saturated carbocycles. The molecule has 0 bridgehead atoms. The Kier molecular flexibility index (Phi) is 7.53. The van der Waals surface area contributed by atoms with Crippen LogP contribution in [0.4, 0.5) is 4.79 Å². The molecule has 2 aliphatic heterocycles. The van der Waals surface area contributed by atoms with Gasteiger partial charge in [-0.15, -0.1) is 0 Å². The number of rotatable bonds is 7. The van der Waals surface area contributed by atoms with E-state index in [4.69, 9.17) is 28.8 Å². The molecule has 1 unspecified atom stereocenters. The molecule has 1 amide bonds. The van der Waals surface area contributed by atoms with Crippen LogP contribution in [0, 0.1) is 0 Å². The number of carboxylic acid groups (broad SMARTS) is 1. The van der Waals surface area contributed by atoms with E-state index < -0.39 is 49.1 Å². The predicted octanol–water partition coefficient (Wildman–Crippen LogP) is 1.70. The second-order valence-electron chi connectivity index (χ2n) is 7.55. The molecule has 0 aliphatic carbocycles. The summed E-state index contributed by atoms with van der Waals surface area (Å²) in [4.78, 5) is 23.3. The van der Waals surface area contributed by atoms with Gasteiger partial charge in [-0.2, -0.15) is 0 Å². The Morgan fingerprint density at radius 2 is 1.73 bits per heavy atom. The molecule has 0 aromatic heterocycles. The van der Waals surface area contributed by atoms with E-state index in [1.807, 2.05) is 30.3 Å². The van der Waals surface area contributed by atoms with Crippen LogP contribution in [-0.4, -0.2) is 72.7 Å². The highest BCUT2D eigenvalue weighted by atomic mass is 16.8. The molecule has 2 aromatic carbocycles. The lowest BCUT2D eigenvalue weighted by Crippen LogP contribution is -2.63. The first-order chi connectivity index (χ1) is 16.0. The van der Waals surface area contributed by atoms with Crippen molar-refractivity contribution in [2.75, 3.05) is 19.8 Å². The number of carbonyl (C=O) groups is 2. The lowest BCUT2D eigenvalue weighted by molar-refractivity contribution is -0.360. The maximum atomic E-state index is 12.7. The van der Waals surface area contributed by atoms with Crippen LogP contribution < -0.4 is 5.32 Å². The molecule has 2 heterocycles. The number of nitrogens with one attached hydrogen (secondary N) is 1. The van der Waals surface area contributed by atoms with Crippen molar-refractivity contribution >= 4 is 12.1 Å². The number of aliphatic hydroxyl groups excluding tert-OH is 1. The van der Waals surface area contributed by atoms with Crippen LogP contribution in [0.2, 0.25) is 0 Å². The summed E-state index contributed by atoms with van der Waals surface area (Å²) in [5, 5.41) is 22.0. The van der Waals surface area contributed by atoms with E-state index in [0.717, 1.165) is 5.56 Å². The summed E-state index contributed by atoms with van der Waals surface area (Å²) in [6.07, 6.45) is -7.06. The number of esters is 1. The molecule has 6 atom stereocenters. The number of ether oxygens (including phenoxy) is 5. The summed E-state index contributed by atoms with van der Waals surface area (Å²) in [6, 6.07) is 17.6. The van der Waals surface area contributed by atoms with Gasteiger partial charge in [0.15, 0.2) is 18.7 Å². The molecule has 33 heavy (non-hydrogen) atoms. The van der Waals surface area contributed by atoms with Crippen LogP contribution in [0.25, 0.3) is 0 Å². The number of hydrogen-bond donors (Lipinski definition) is 3. The standard InChI is InChI=1S/C23H25NO9/c25-17-18-16(13-30-21(33-18)15-9-5-2-6-10-15)31-22(29-12-11-24-23(27)28)19(17)32-20(26)14-7-3-1-4-8-14/h1-10,16-19,21-22,24-25H,11-13H2,(H,27,28)/t16-,17+,18-,19-,21?,22-/m1/s1. The fourth-order valence-corrected chi connectivity index (χ4v) is 3.70. The van der Waals surface area contributed by atoms with Gasteiger partial charge in [-0.25, -0.2) is 9.59 Å². The summed E-state index contributed by atoms with van der Waals surface area (Å²) in [5.41, 5.74) is 1.08. The minimum Gasteiger partial charge on any atom is -0.465 e. The van der Waals surface area contributed by atoms with Crippen LogP contribution >= 0.6 is 0 Å². The van der Waals surface area contributed by atoms with Crippen molar-refractivity contribution in [1.29, 1.82) is 0 Å². The zero-order valence-electron chi connectivity index (χ0n) is 17.6. The van der Waals surface area contributed by atoms with Crippen molar-refractivity contribution in [1.82, 2.24) is 5.32 Å². The summed E-state index contributed by atoms with van der Waals surface area (Å²) in [7, 11) is 0. The lowest BCUT2D eigenvalue weighted by Gasteiger charge is -2.47. The summed E-state index contributed by atoms with van der Waals surface area (Å²) in [6.45, 7) is 0.0461. The quantitative estimate of drug-likeness (QED) is 0.418. The number of benzene rings is 2. The van der Waals surface area contributed by atoms with Gasteiger partial charge in [0.25, 0.3) is 0 Å². The Balaban J connectivity index is 1.49. The summed E-state index contributed by atoms with van der Waals surface area (Å²) < 4.78 is 28.8. The highest BCUT2D eigenvalue weighted by Gasteiger charge is 2.51. The molecule has 10 nitrogen and oxygen atoms in total. The van der Waals surface area contributed by atoms with E-state index in [0.29, 0.717) is 5.56 Å². The van der Waals surface area contributed by atoms with Crippen molar-refractivity contribution in [2.45, 2.75) is 37.0 Å². The van der Waals surface area contributed by atoms with Gasteiger partial charge in [-0.1, -0.05) is 48.5 Å². The predicted molar refractivity (Wildman–Crippen MR) is 112 cm³/mol. The Bertz CT molecular complexity index is 926. The fourth-order valence-electron chi connectivity index (χ4n) is 3.70. The number of aliphatic hydroxyl groups is 1. The van der Waals surface area contributed by atoms with E-state index in [-0.39, 0.29) is 19.8 Å². The van der Waals surface area contributed by atoms with Gasteiger partial charge in [-0.3, -0.25) is 0 Å². The first-order valence-corrected chi connectivity index (χ1v) is 10.5. The van der Waals surface area contributed by atoms with Crippen molar-refractivity contribution < 1.29 is 43.5 Å². The first kappa shape index (κ1) is 23.1. The molecule has 4 rings (SSSR count). The maximum Gasteiger partial charge on any atom is 0.404 e. The number of hydrogen-bond acceptors (Lipinski definition) is 8. The van der Waals surface area contributed by atoms with Crippen molar-refractivity contribution in [3.8, 4) is 0 Å². The largest absolute Gasteiger partial charge is 0.465 e. The smallest absolute Gasteiger partial charge is 0.404 e. The van der Waals surface area contributed by atoms with E-state index in [2.05, 4.69) is 5.32 Å². The minimum absolute atomic E-state index is 0.0121. The van der Waals surface area contributed by atoms with Crippen LogP contribution in [0.3, 0.4) is 0 Å². The molecule has 2 aliphatic rings. The van der Waals surface area contributed by atoms with Crippen molar-refractivity contribution in [3.63, 3.8) is 0 Å². The van der Waals surface area contributed by atoms with Gasteiger partial charge in [0.1, 0.15) is 18.3 Å². The number of fused-ring (bicyclic) bond motifs is 1. The van der Waals surface area contributed by atoms with Crippen molar-refractivity contribution in [2.24, 2.45) is 0 Å². The normalized spacial score (nSPS) is 29.0. The third kappa shape index (κ3) is 5.67. The fraction of sp³-hybridized carbons (Fsp3) is 0.391. The molecular weight excluding hydrogens is 434 g/mol. The van der Waals surface area contributed by atoms with Gasteiger partial charge in [-0.05, 0) is 12.1 Å². The van der Waals surface area contributed by atoms with Crippen LogP contribution in [0.15, 0.2) is 60.7 Å². The average molecular weight is 459 g/mol. The van der Waals surface area contributed by atoms with Crippen LogP contribution in [0.1, 0.15) is 22.2 Å². The van der Waals surface area contributed by atoms with E-state index in [1.54, 1.807) is 30.3 Å². The van der Waals surface area contributed by atoms with Gasteiger partial charge >= 0.3 is 12.1 Å². The topological polar surface area (TPSA) is 133 Å². The third-order valence-electron chi connectivity index (χ3n) is 5.29. The third-order valence-corrected chi connectivity index (χ3v) is 5.29. The monoisotopic (exact) mass is 459 g/mol. The Morgan fingerprint density at radius 1 is 1.03 bits per heavy atom. The summed E-state index contributed by atoms with van der Waals surface area (Å²) >= 11 is 0. The number of amides is 1. The second-order valence-corrected chi connectivity index (χ2v) is 7.55. The Labute approximate surface area is 190 Å². The van der Waals surface area contributed by atoms with Crippen molar-refractivity contribution in [3.05, 3.63) is 71.8 Å². The van der Waals surface area contributed by atoms with E-state index in [9.17, 15) is 14.7 Å². The molecule has 0 radical (unpaired) electrons. The number of carbonyl (C=O) groups excluding carboxylic acids is 1. The Morgan fingerprint density at radius 3 is 2.42 bits per heavy atom. The lowest BCUT2D eigenvalue weighted by atomic mass is 9.97. The zero-order valence-corrected chi connectivity index (χ0v) is 17.6. The average Bonchev–Trinajstić information content (AvgIpc) is 2.84. The van der Waals surface area contributed by atoms with Gasteiger partial charge < -0.3 is 39.2 Å². The summed E-state index contributed by atoms with van der Waals surface area (Å²) in [5.74, 6) is -0.661.